The molecule has 0 unspecified atom stereocenters. The molecule has 3 N–H and O–H groups in total. The molecule has 1 saturated heterocycles. The van der Waals surface area contributed by atoms with Crippen LogP contribution in [0.15, 0.2) is 78.9 Å². The maximum absolute atomic E-state index is 14.7. The van der Waals surface area contributed by atoms with E-state index in [9.17, 15) is 24.0 Å². The number of unbranched alkanes of at least 4 members (excludes halogenated alkanes) is 1. The van der Waals surface area contributed by atoms with E-state index >= 15 is 0 Å². The number of para-hydroxylation sites is 1. The van der Waals surface area contributed by atoms with Crippen LogP contribution in [0.2, 0.25) is 0 Å². The molecule has 13 heteroatoms. The lowest BCUT2D eigenvalue weighted by atomic mass is 9.62. The highest BCUT2D eigenvalue weighted by Gasteiger charge is 2.49. The molecule has 0 aromatic heterocycles. The first kappa shape index (κ1) is 42.7. The Bertz CT molecular complexity index is 1780. The lowest BCUT2D eigenvalue weighted by Gasteiger charge is -2.43. The number of nitrogens with one attached hydrogen (secondary N) is 3. The minimum Gasteiger partial charge on any atom is -0.496 e. The van der Waals surface area contributed by atoms with E-state index in [4.69, 9.17) is 14.2 Å². The number of rotatable bonds is 14. The molecule has 0 radical (unpaired) electrons. The average molecular weight is 775 g/mol. The fourth-order valence-electron chi connectivity index (χ4n) is 7.64. The summed E-state index contributed by atoms with van der Waals surface area (Å²) in [5, 5.41) is 8.84. The summed E-state index contributed by atoms with van der Waals surface area (Å²) in [6.07, 6.45) is 2.67. The van der Waals surface area contributed by atoms with Gasteiger partial charge in [-0.1, -0.05) is 66.7 Å². The highest BCUT2D eigenvalue weighted by molar-refractivity contribution is 7.59. The van der Waals surface area contributed by atoms with Crippen LogP contribution >= 0.6 is 13.5 Å². The van der Waals surface area contributed by atoms with E-state index in [2.05, 4.69) is 16.0 Å². The lowest BCUT2D eigenvalue weighted by molar-refractivity contribution is -0.146. The average Bonchev–Trinajstić information content (AvgIpc) is 3.19. The van der Waals surface area contributed by atoms with Gasteiger partial charge in [0.1, 0.15) is 11.8 Å². The van der Waals surface area contributed by atoms with E-state index in [0.717, 1.165) is 16.7 Å². The van der Waals surface area contributed by atoms with Gasteiger partial charge in [-0.25, -0.2) is 9.59 Å². The van der Waals surface area contributed by atoms with Crippen LogP contribution in [-0.4, -0.2) is 86.7 Å². The number of benzene rings is 3. The van der Waals surface area contributed by atoms with Gasteiger partial charge in [-0.05, 0) is 87.6 Å². The lowest BCUT2D eigenvalue weighted by Crippen LogP contribution is -2.54. The van der Waals surface area contributed by atoms with Gasteiger partial charge in [0.05, 0.1) is 37.2 Å². The van der Waals surface area contributed by atoms with Crippen LogP contribution in [0.3, 0.4) is 0 Å². The Kier molecular flexibility index (Phi) is 15.6. The van der Waals surface area contributed by atoms with E-state index in [1.807, 2.05) is 65.6 Å². The minimum atomic E-state index is -1.17. The Balaban J connectivity index is 0.00000673. The monoisotopic (exact) mass is 774 g/mol. The third-order valence-electron chi connectivity index (χ3n) is 10.4. The molecule has 0 spiro atoms. The van der Waals surface area contributed by atoms with Crippen molar-refractivity contribution in [2.45, 2.75) is 88.3 Å². The van der Waals surface area contributed by atoms with Crippen LogP contribution in [0, 0.1) is 0 Å². The predicted molar refractivity (Wildman–Crippen MR) is 213 cm³/mol. The van der Waals surface area contributed by atoms with Crippen LogP contribution in [0.25, 0.3) is 0 Å². The van der Waals surface area contributed by atoms with Gasteiger partial charge in [0.15, 0.2) is 0 Å². The predicted octanol–water partition coefficient (Wildman–Crippen LogP) is 5.36. The smallest absolute Gasteiger partial charge is 0.407 e. The molecule has 1 aliphatic heterocycles. The molecule has 1 aliphatic carbocycles. The zero-order valence-corrected chi connectivity index (χ0v) is 33.1. The van der Waals surface area contributed by atoms with Crippen LogP contribution in [-0.2, 0) is 29.3 Å². The number of hydrogen-bond donors (Lipinski definition) is 3. The van der Waals surface area contributed by atoms with Gasteiger partial charge in [0, 0.05) is 25.7 Å². The number of piperidine rings is 1. The third kappa shape index (κ3) is 10.2. The molecular weight excluding hydrogens is 721 g/mol. The molecule has 3 atom stereocenters. The van der Waals surface area contributed by atoms with Crippen molar-refractivity contribution in [3.63, 3.8) is 0 Å². The standard InChI is InChI=1S/C42H52N4O8.H2S/c1-28(2)54-41(51)43-25-13-12-19-35(39(49)53-4)45-40(50)42(29-14-6-5-7-15-29)24-21-32(31-16-8-10-18-34(31)42)38(48)46-26-22-30(23-27-46)44-37(47)33-17-9-11-20-36(33)52-3;/h5-11,14-18,20,28,30,32,35H,12-13,19,21-27H2,1-4H3,(H,43,51)(H,44,47)(H,45,50);1H2/t32-,35+,42+;/m0./s1. The van der Waals surface area contributed by atoms with Gasteiger partial charge in [-0.15, -0.1) is 0 Å². The Morgan fingerprint density at radius 3 is 2.22 bits per heavy atom. The van der Waals surface area contributed by atoms with Crippen molar-refractivity contribution < 1.29 is 38.2 Å². The highest BCUT2D eigenvalue weighted by atomic mass is 32.1. The Hall–Kier alpha value is -5.04. The van der Waals surface area contributed by atoms with Crippen molar-refractivity contribution in [2.75, 3.05) is 33.9 Å². The summed E-state index contributed by atoms with van der Waals surface area (Å²) in [5.41, 5.74) is 1.59. The summed E-state index contributed by atoms with van der Waals surface area (Å²) in [6, 6.07) is 23.2. The molecule has 55 heavy (non-hydrogen) atoms. The van der Waals surface area contributed by atoms with Crippen LogP contribution in [0.4, 0.5) is 4.79 Å². The molecule has 0 bridgehead atoms. The number of nitrogens with zero attached hydrogens (tertiary/aromatic N) is 1. The number of carbonyl (C=O) groups is 5. The Labute approximate surface area is 330 Å². The van der Waals surface area contributed by atoms with Crippen LogP contribution in [0.5, 0.6) is 5.75 Å². The first-order valence-electron chi connectivity index (χ1n) is 18.8. The number of esters is 1. The van der Waals surface area contributed by atoms with Crippen LogP contribution in [0.1, 0.15) is 91.8 Å². The molecule has 3 aromatic carbocycles. The van der Waals surface area contributed by atoms with Crippen molar-refractivity contribution >= 4 is 43.3 Å². The Morgan fingerprint density at radius 2 is 1.53 bits per heavy atom. The second-order valence-electron chi connectivity index (χ2n) is 14.1. The highest BCUT2D eigenvalue weighted by Crippen LogP contribution is 2.48. The van der Waals surface area contributed by atoms with Gasteiger partial charge < -0.3 is 35.1 Å². The zero-order chi connectivity index (χ0) is 38.7. The van der Waals surface area contributed by atoms with E-state index in [1.54, 1.807) is 32.0 Å². The summed E-state index contributed by atoms with van der Waals surface area (Å²) in [4.78, 5) is 68.7. The molecule has 2 aliphatic rings. The quantitative estimate of drug-likeness (QED) is 0.146. The summed E-state index contributed by atoms with van der Waals surface area (Å²) in [6.45, 7) is 4.89. The van der Waals surface area contributed by atoms with Crippen LogP contribution < -0.4 is 20.7 Å². The summed E-state index contributed by atoms with van der Waals surface area (Å²) in [5.74, 6) is -1.06. The van der Waals surface area contributed by atoms with E-state index in [1.165, 1.54) is 14.2 Å². The van der Waals surface area contributed by atoms with E-state index < -0.39 is 29.4 Å². The number of likely N-dealkylation sites (tertiary alicyclic amines) is 1. The molecule has 3 aromatic rings. The fraction of sp³-hybridized carbons (Fsp3) is 0.452. The number of carbonyl (C=O) groups excluding carboxylic acids is 5. The molecule has 1 fully saturated rings. The third-order valence-corrected chi connectivity index (χ3v) is 10.4. The number of amides is 4. The van der Waals surface area contributed by atoms with Crippen molar-refractivity contribution in [2.24, 2.45) is 0 Å². The van der Waals surface area contributed by atoms with Gasteiger partial charge in [-0.3, -0.25) is 14.4 Å². The number of methoxy groups -OCH3 is 2. The molecule has 0 saturated carbocycles. The molecular formula is C42H54N4O8S. The summed E-state index contributed by atoms with van der Waals surface area (Å²) < 4.78 is 15.6. The molecule has 296 valence electrons. The fourth-order valence-corrected chi connectivity index (χ4v) is 7.64. The molecule has 5 rings (SSSR count). The van der Waals surface area contributed by atoms with Gasteiger partial charge in [0.2, 0.25) is 11.8 Å². The number of hydrogen-bond acceptors (Lipinski definition) is 8. The van der Waals surface area contributed by atoms with Gasteiger partial charge in [-0.2, -0.15) is 13.5 Å². The number of ether oxygens (including phenoxy) is 3. The van der Waals surface area contributed by atoms with Gasteiger partial charge >= 0.3 is 12.1 Å². The second kappa shape index (κ2) is 20.0. The molecule has 1 heterocycles. The van der Waals surface area contributed by atoms with Crippen molar-refractivity contribution in [1.29, 1.82) is 0 Å². The topological polar surface area (TPSA) is 152 Å². The van der Waals surface area contributed by atoms with Crippen molar-refractivity contribution in [3.8, 4) is 5.75 Å². The van der Waals surface area contributed by atoms with E-state index in [0.29, 0.717) is 75.9 Å². The van der Waals surface area contributed by atoms with Gasteiger partial charge in [0.25, 0.3) is 5.91 Å². The first-order chi connectivity index (χ1) is 26.1. The zero-order valence-electron chi connectivity index (χ0n) is 32.1. The number of alkyl carbamates (subject to hydrolysis) is 1. The minimum absolute atomic E-state index is 0. The maximum atomic E-state index is 14.7. The normalized spacial score (nSPS) is 18.5. The second-order valence-corrected chi connectivity index (χ2v) is 14.1. The molecule has 12 nitrogen and oxygen atoms in total. The summed E-state index contributed by atoms with van der Waals surface area (Å²) >= 11 is 0. The van der Waals surface area contributed by atoms with E-state index in [-0.39, 0.29) is 43.4 Å². The summed E-state index contributed by atoms with van der Waals surface area (Å²) in [7, 11) is 2.83. The Morgan fingerprint density at radius 1 is 0.855 bits per heavy atom. The first-order valence-corrected chi connectivity index (χ1v) is 18.8. The number of fused-ring (bicyclic) bond motifs is 1. The molecule has 4 amide bonds. The van der Waals surface area contributed by atoms with Crippen molar-refractivity contribution in [1.82, 2.24) is 20.9 Å². The largest absolute Gasteiger partial charge is 0.496 e. The maximum Gasteiger partial charge on any atom is 0.407 e. The van der Waals surface area contributed by atoms with Crippen molar-refractivity contribution in [3.05, 3.63) is 101 Å². The SMILES string of the molecule is COC(=O)[C@@H](CCCCNC(=O)OC(C)C)NC(=O)[C@@]1(c2ccccc2)CC[C@H](C(=O)N2CCC(NC(=O)c3ccccc3OC)CC2)c2ccccc21.S.